The van der Waals surface area contributed by atoms with Gasteiger partial charge in [0.2, 0.25) is 11.8 Å². The number of hydrogen-bond donors (Lipinski definition) is 2. The summed E-state index contributed by atoms with van der Waals surface area (Å²) in [6.07, 6.45) is 5.01. The minimum absolute atomic E-state index is 0.0659. The first-order valence-corrected chi connectivity index (χ1v) is 25.0. The van der Waals surface area contributed by atoms with Crippen LogP contribution in [0.15, 0.2) is 54.6 Å². The van der Waals surface area contributed by atoms with Crippen molar-refractivity contribution in [1.82, 2.24) is 45.0 Å². The lowest BCUT2D eigenvalue weighted by Gasteiger charge is -2.43. The number of rotatable bonds is 9. The van der Waals surface area contributed by atoms with Gasteiger partial charge in [0.05, 0.1) is 54.5 Å². The summed E-state index contributed by atoms with van der Waals surface area (Å²) in [5, 5.41) is 8.12. The number of hydrogen-bond acceptors (Lipinski definition) is 12. The number of aromatic nitrogens is 3. The van der Waals surface area contributed by atoms with Gasteiger partial charge in [-0.25, -0.2) is 15.2 Å². The number of nitrogens with zero attached hydrogens (tertiary/aromatic N) is 7. The number of aryl methyl sites for hydroxylation is 1. The molecule has 18 heteroatoms. The minimum atomic E-state index is -1.10. The molecule has 2 N–H and O–H groups in total. The van der Waals surface area contributed by atoms with E-state index >= 15 is 0 Å². The maximum atomic E-state index is 14.7. The van der Waals surface area contributed by atoms with Gasteiger partial charge in [0.1, 0.15) is 23.7 Å². The Morgan fingerprint density at radius 1 is 1.12 bits per heavy atom. The van der Waals surface area contributed by atoms with Crippen molar-refractivity contribution >= 4 is 52.0 Å². The van der Waals surface area contributed by atoms with E-state index in [2.05, 4.69) is 66.9 Å². The number of nitrogens with one attached hydrogen (secondary N) is 2. The number of cyclic esters (lactones) is 1. The summed E-state index contributed by atoms with van der Waals surface area (Å²) in [6.45, 7) is 18.5. The molecule has 0 aliphatic carbocycles. The smallest absolute Gasteiger partial charge is 0.324 e. The molecule has 69 heavy (non-hydrogen) atoms. The van der Waals surface area contributed by atoms with Crippen molar-refractivity contribution in [3.63, 3.8) is 0 Å². The topological polar surface area (TPSA) is 181 Å². The average molecular weight is 966 g/mol. The van der Waals surface area contributed by atoms with Crippen molar-refractivity contribution < 1.29 is 38.2 Å². The number of pyridine rings is 1. The van der Waals surface area contributed by atoms with Gasteiger partial charge in [-0.05, 0) is 81.4 Å². The molecule has 1 aromatic carbocycles. The second-order valence-electron chi connectivity index (χ2n) is 20.0. The standard InChI is InChI=1S/C51H67N9O8S/c1-10-42(61)57-21-18-51(28-57)29-58(22-23-68-51)49(65)56(8)44(31(3)4)46(62)54-38-25-41-53-39(27-69-41)33-16-17-40-35(24-33)36(45(59(40)11-2)34-14-12-19-52-43(34)32(5)66-9)26-50(6,7)30-67-48(64)37-15-13-20-60(55-37)47(38)63/h10,12,14,16-17,19,24,27,31-32,37-38,44,55H,1,11,13,15,18,20-23,25-26,28-30H2,2-9H3,(H,54,62)/t32-,37-,38-,44?,51-/m0/s1. The SMILES string of the molecule is C=CC(=O)N1CC[C@]2(C1)CN(C(=O)N(C)C(C(=O)N[C@H]1Cc3nc(cs3)-c3ccc4c(c3)c(c(-c3cccnc3[C@H](C)OC)n4CC)CC(C)(C)COC(=O)[C@@H]3CCCN(N3)C1=O)C(C)C)CCO2. The predicted molar refractivity (Wildman–Crippen MR) is 263 cm³/mol. The number of esters is 1. The van der Waals surface area contributed by atoms with Crippen LogP contribution in [-0.4, -0.2) is 148 Å². The number of benzene rings is 1. The highest BCUT2D eigenvalue weighted by Crippen LogP contribution is 2.42. The third-order valence-corrected chi connectivity index (χ3v) is 15.0. The first-order chi connectivity index (χ1) is 33.0. The lowest BCUT2D eigenvalue weighted by Crippen LogP contribution is -2.63. The molecule has 3 aromatic heterocycles. The number of morpholine rings is 1. The number of hydrazine groups is 1. The molecule has 3 fully saturated rings. The molecule has 4 aliphatic rings. The molecule has 4 aliphatic heterocycles. The van der Waals surface area contributed by atoms with Crippen LogP contribution in [0.2, 0.25) is 0 Å². The molecular formula is C51H67N9O8S. The molecule has 0 saturated carbocycles. The van der Waals surface area contributed by atoms with Crippen molar-refractivity contribution in [2.24, 2.45) is 11.3 Å². The van der Waals surface area contributed by atoms with Gasteiger partial charge in [0.25, 0.3) is 5.91 Å². The fraction of sp³-hybridized carbons (Fsp3) is 0.549. The van der Waals surface area contributed by atoms with Gasteiger partial charge in [0, 0.05) is 85.8 Å². The van der Waals surface area contributed by atoms with E-state index in [0.717, 1.165) is 44.7 Å². The molecule has 1 spiro atoms. The molecule has 17 nitrogen and oxygen atoms in total. The molecule has 3 saturated heterocycles. The van der Waals surface area contributed by atoms with E-state index in [1.807, 2.05) is 32.2 Å². The van der Waals surface area contributed by atoms with Gasteiger partial charge in [-0.3, -0.25) is 29.2 Å². The van der Waals surface area contributed by atoms with Crippen molar-refractivity contribution in [2.45, 2.75) is 110 Å². The zero-order valence-corrected chi connectivity index (χ0v) is 42.0. The molecule has 8 rings (SSSR count). The molecule has 370 valence electrons. The van der Waals surface area contributed by atoms with Crippen LogP contribution in [0.1, 0.15) is 83.2 Å². The van der Waals surface area contributed by atoms with Crippen molar-refractivity contribution in [3.05, 3.63) is 70.8 Å². The number of amides is 5. The number of likely N-dealkylation sites (N-methyl/N-ethyl adjacent to an activating group) is 1. The Balaban J connectivity index is 1.13. The molecule has 0 radical (unpaired) electrons. The van der Waals surface area contributed by atoms with E-state index in [9.17, 15) is 24.0 Å². The maximum absolute atomic E-state index is 14.7. The molecule has 4 aromatic rings. The van der Waals surface area contributed by atoms with Crippen LogP contribution in [0.3, 0.4) is 0 Å². The Labute approximate surface area is 408 Å². The van der Waals surface area contributed by atoms with Crippen LogP contribution in [0.5, 0.6) is 0 Å². The van der Waals surface area contributed by atoms with Gasteiger partial charge < -0.3 is 38.8 Å². The van der Waals surface area contributed by atoms with Gasteiger partial charge >= 0.3 is 12.0 Å². The Morgan fingerprint density at radius 2 is 1.90 bits per heavy atom. The van der Waals surface area contributed by atoms with Crippen LogP contribution < -0.4 is 10.7 Å². The quantitative estimate of drug-likeness (QED) is 0.154. The summed E-state index contributed by atoms with van der Waals surface area (Å²) in [5.41, 5.74) is 8.53. The molecule has 5 amide bonds. The Hall–Kier alpha value is -5.69. The van der Waals surface area contributed by atoms with E-state index < -0.39 is 46.9 Å². The van der Waals surface area contributed by atoms with E-state index in [0.29, 0.717) is 63.4 Å². The second-order valence-corrected chi connectivity index (χ2v) is 21.0. The fourth-order valence-electron chi connectivity index (χ4n) is 10.5. The third kappa shape index (κ3) is 10.2. The van der Waals surface area contributed by atoms with E-state index in [-0.39, 0.29) is 50.1 Å². The third-order valence-electron chi connectivity index (χ3n) is 14.1. The molecular weight excluding hydrogens is 899 g/mol. The summed E-state index contributed by atoms with van der Waals surface area (Å²) >= 11 is 1.41. The largest absolute Gasteiger partial charge is 0.464 e. The summed E-state index contributed by atoms with van der Waals surface area (Å²) in [5.74, 6) is -1.91. The molecule has 1 unspecified atom stereocenters. The number of carbonyl (C=O) groups excluding carboxylic acids is 5. The van der Waals surface area contributed by atoms with Crippen molar-refractivity contribution in [1.29, 1.82) is 0 Å². The fourth-order valence-corrected chi connectivity index (χ4v) is 11.4. The molecule has 7 heterocycles. The van der Waals surface area contributed by atoms with Gasteiger partial charge in [-0.15, -0.1) is 11.3 Å². The lowest BCUT2D eigenvalue weighted by molar-refractivity contribution is -0.155. The number of likely N-dealkylation sites (tertiary alicyclic amines) is 1. The summed E-state index contributed by atoms with van der Waals surface area (Å²) in [6, 6.07) is 7.21. The Kier molecular flexibility index (Phi) is 14.7. The Morgan fingerprint density at radius 3 is 2.64 bits per heavy atom. The predicted octanol–water partition coefficient (Wildman–Crippen LogP) is 5.77. The number of ether oxygens (including phenoxy) is 3. The van der Waals surface area contributed by atoms with Crippen LogP contribution in [0.4, 0.5) is 4.79 Å². The monoisotopic (exact) mass is 965 g/mol. The van der Waals surface area contributed by atoms with Gasteiger partial charge in [0.15, 0.2) is 0 Å². The number of carbonyl (C=O) groups is 5. The highest BCUT2D eigenvalue weighted by Gasteiger charge is 2.46. The first kappa shape index (κ1) is 49.7. The van der Waals surface area contributed by atoms with Gasteiger partial charge in [-0.2, -0.15) is 0 Å². The van der Waals surface area contributed by atoms with Crippen molar-refractivity contribution in [3.8, 4) is 22.5 Å². The summed E-state index contributed by atoms with van der Waals surface area (Å²) in [4.78, 5) is 84.7. The van der Waals surface area contributed by atoms with E-state index in [4.69, 9.17) is 24.2 Å². The lowest BCUT2D eigenvalue weighted by atomic mass is 9.84. The number of fused-ring (bicyclic) bond motifs is 6. The maximum Gasteiger partial charge on any atom is 0.324 e. The number of thiazole rings is 1. The molecule has 6 bridgehead atoms. The average Bonchev–Trinajstić information content (AvgIpc) is 4.07. The van der Waals surface area contributed by atoms with Crippen LogP contribution in [0, 0.1) is 11.3 Å². The van der Waals surface area contributed by atoms with Crippen LogP contribution >= 0.6 is 11.3 Å². The highest BCUT2D eigenvalue weighted by molar-refractivity contribution is 7.10. The van der Waals surface area contributed by atoms with Crippen molar-refractivity contribution in [2.75, 3.05) is 60.1 Å². The zero-order valence-electron chi connectivity index (χ0n) is 41.2. The van der Waals surface area contributed by atoms with Gasteiger partial charge in [-0.1, -0.05) is 40.3 Å². The second kappa shape index (κ2) is 20.3. The number of urea groups is 1. The zero-order chi connectivity index (χ0) is 49.4. The first-order valence-electron chi connectivity index (χ1n) is 24.2. The Bertz CT molecular complexity index is 2610. The van der Waals surface area contributed by atoms with E-state index in [1.54, 1.807) is 30.2 Å². The van der Waals surface area contributed by atoms with Crippen LogP contribution in [-0.2, 0) is 52.8 Å². The minimum Gasteiger partial charge on any atom is -0.464 e. The summed E-state index contributed by atoms with van der Waals surface area (Å²) < 4.78 is 20.5. The normalized spacial score (nSPS) is 22.9. The number of methoxy groups -OCH3 is 1. The van der Waals surface area contributed by atoms with Crippen LogP contribution in [0.25, 0.3) is 33.4 Å². The van der Waals surface area contributed by atoms with E-state index in [1.165, 1.54) is 27.3 Å². The highest BCUT2D eigenvalue weighted by atomic mass is 32.1. The summed E-state index contributed by atoms with van der Waals surface area (Å²) in [7, 11) is 3.29. The molecule has 5 atom stereocenters.